The third-order valence-corrected chi connectivity index (χ3v) is 6.56. The average molecular weight is 544 g/mol. The first-order chi connectivity index (χ1) is 18.6. The van der Waals surface area contributed by atoms with Crippen molar-refractivity contribution < 1.29 is 49.1 Å². The first kappa shape index (κ1) is 29.6. The fraction of sp³-hybridized carbons (Fsp3) is 0.393. The van der Waals surface area contributed by atoms with Crippen molar-refractivity contribution in [2.24, 2.45) is 0 Å². The third-order valence-electron chi connectivity index (χ3n) is 6.56. The molecule has 0 bridgehead atoms. The molecule has 210 valence electrons. The van der Waals surface area contributed by atoms with Crippen molar-refractivity contribution in [1.82, 2.24) is 4.90 Å². The van der Waals surface area contributed by atoms with E-state index in [4.69, 9.17) is 29.6 Å². The Kier molecular flexibility index (Phi) is 10.0. The van der Waals surface area contributed by atoms with Gasteiger partial charge in [-0.25, -0.2) is 14.4 Å². The Morgan fingerprint density at radius 1 is 1.03 bits per heavy atom. The van der Waals surface area contributed by atoms with Crippen LogP contribution in [0.5, 0.6) is 5.75 Å². The van der Waals surface area contributed by atoms with Crippen LogP contribution in [0.4, 0.5) is 0 Å². The number of benzene rings is 2. The summed E-state index contributed by atoms with van der Waals surface area (Å²) in [6.45, 7) is 5.83. The number of ether oxygens (including phenoxy) is 1. The summed E-state index contributed by atoms with van der Waals surface area (Å²) in [6, 6.07) is 13.4. The van der Waals surface area contributed by atoms with Crippen LogP contribution in [0.25, 0.3) is 22.3 Å². The van der Waals surface area contributed by atoms with E-state index in [1.54, 1.807) is 19.1 Å². The van der Waals surface area contributed by atoms with Crippen LogP contribution in [-0.2, 0) is 20.9 Å². The summed E-state index contributed by atoms with van der Waals surface area (Å²) in [5, 5.41) is 43.9. The summed E-state index contributed by atoms with van der Waals surface area (Å²) >= 11 is 0. The number of aliphatic hydroxyl groups is 2. The number of carboxylic acid groups (broad SMARTS) is 2. The molecule has 2 aromatic carbocycles. The fourth-order valence-corrected chi connectivity index (χ4v) is 4.47. The normalized spacial score (nSPS) is 17.1. The minimum atomic E-state index is -2.27. The van der Waals surface area contributed by atoms with E-state index in [-0.39, 0.29) is 12.4 Å². The highest BCUT2D eigenvalue weighted by Gasteiger charge is 2.30. The predicted molar refractivity (Wildman–Crippen MR) is 140 cm³/mol. The number of aromatic hydroxyl groups is 1. The minimum absolute atomic E-state index is 0.182. The summed E-state index contributed by atoms with van der Waals surface area (Å²) in [4.78, 5) is 34.9. The van der Waals surface area contributed by atoms with Crippen molar-refractivity contribution in [3.05, 3.63) is 53.6 Å². The first-order valence-electron chi connectivity index (χ1n) is 12.6. The van der Waals surface area contributed by atoms with Crippen LogP contribution >= 0.6 is 0 Å². The van der Waals surface area contributed by atoms with E-state index >= 15 is 0 Å². The van der Waals surface area contributed by atoms with E-state index < -0.39 is 30.1 Å². The number of carbonyl (C=O) groups excluding carboxylic acids is 1. The topological polar surface area (TPSA) is 178 Å². The second kappa shape index (κ2) is 13.2. The Morgan fingerprint density at radius 3 is 2.23 bits per heavy atom. The Labute approximate surface area is 224 Å². The van der Waals surface area contributed by atoms with E-state index in [9.17, 15) is 19.5 Å². The van der Waals surface area contributed by atoms with Crippen molar-refractivity contribution in [3.63, 3.8) is 0 Å². The minimum Gasteiger partial charge on any atom is -0.508 e. The number of carboxylic acids is 2. The highest BCUT2D eigenvalue weighted by atomic mass is 16.5. The predicted octanol–water partition coefficient (Wildman–Crippen LogP) is 3.23. The molecule has 0 spiro atoms. The zero-order valence-corrected chi connectivity index (χ0v) is 21.7. The lowest BCUT2D eigenvalue weighted by Crippen LogP contribution is -2.39. The number of rotatable bonds is 8. The highest BCUT2D eigenvalue weighted by Crippen LogP contribution is 2.40. The number of carbonyl (C=O) groups is 3. The molecule has 1 saturated heterocycles. The number of hydrogen-bond donors (Lipinski definition) is 5. The van der Waals surface area contributed by atoms with E-state index in [1.807, 2.05) is 30.3 Å². The number of fused-ring (bicyclic) bond motifs is 1. The number of nitrogens with zero attached hydrogens (tertiary/aromatic N) is 1. The van der Waals surface area contributed by atoms with Gasteiger partial charge in [-0.05, 0) is 45.4 Å². The number of phenols is 1. The Bertz CT molecular complexity index is 1280. The van der Waals surface area contributed by atoms with Crippen molar-refractivity contribution in [3.8, 4) is 17.1 Å². The van der Waals surface area contributed by atoms with Crippen LogP contribution in [0, 0.1) is 0 Å². The zero-order chi connectivity index (χ0) is 28.7. The molecule has 1 aliphatic rings. The van der Waals surface area contributed by atoms with Crippen LogP contribution in [0.2, 0.25) is 0 Å². The molecule has 11 heteroatoms. The summed E-state index contributed by atoms with van der Waals surface area (Å²) < 4.78 is 11.5. The largest absolute Gasteiger partial charge is 0.508 e. The van der Waals surface area contributed by atoms with Gasteiger partial charge in [-0.1, -0.05) is 36.8 Å². The molecular weight excluding hydrogens is 510 g/mol. The maximum atomic E-state index is 13.0. The molecule has 1 aromatic heterocycles. The number of aliphatic hydroxyl groups excluding tert-OH is 2. The van der Waals surface area contributed by atoms with Gasteiger partial charge in [0.2, 0.25) is 0 Å². The quantitative estimate of drug-likeness (QED) is 0.263. The van der Waals surface area contributed by atoms with Gasteiger partial charge < -0.3 is 34.7 Å². The summed E-state index contributed by atoms with van der Waals surface area (Å²) in [7, 11) is 0. The van der Waals surface area contributed by atoms with Gasteiger partial charge in [0.1, 0.15) is 22.7 Å². The van der Waals surface area contributed by atoms with Crippen LogP contribution in [0.1, 0.15) is 49.0 Å². The molecule has 1 aliphatic heterocycles. The fourth-order valence-electron chi connectivity index (χ4n) is 4.47. The lowest BCUT2D eigenvalue weighted by Gasteiger charge is -2.33. The average Bonchev–Trinajstić information content (AvgIpc) is 3.31. The van der Waals surface area contributed by atoms with Crippen molar-refractivity contribution in [2.45, 2.75) is 57.9 Å². The molecule has 4 rings (SSSR count). The molecule has 1 fully saturated rings. The van der Waals surface area contributed by atoms with Crippen molar-refractivity contribution in [1.29, 1.82) is 0 Å². The van der Waals surface area contributed by atoms with E-state index in [0.29, 0.717) is 34.9 Å². The van der Waals surface area contributed by atoms with Crippen molar-refractivity contribution in [2.75, 3.05) is 13.2 Å². The molecule has 0 radical (unpaired) electrons. The first-order valence-corrected chi connectivity index (χ1v) is 12.6. The summed E-state index contributed by atoms with van der Waals surface area (Å²) in [6.07, 6.45) is -1.02. The molecule has 3 unspecified atom stereocenters. The molecule has 3 aromatic rings. The lowest BCUT2D eigenvalue weighted by molar-refractivity contribution is -0.165. The Balaban J connectivity index is 0.000000360. The molecule has 2 heterocycles. The second-order valence-corrected chi connectivity index (χ2v) is 9.21. The second-order valence-electron chi connectivity index (χ2n) is 9.21. The number of phenolic OH excluding ortho intramolecular Hbond substituents is 1. The molecule has 39 heavy (non-hydrogen) atoms. The van der Waals surface area contributed by atoms with Gasteiger partial charge >= 0.3 is 17.9 Å². The van der Waals surface area contributed by atoms with Crippen LogP contribution in [-0.4, -0.2) is 79.7 Å². The maximum Gasteiger partial charge on any atom is 0.342 e. The van der Waals surface area contributed by atoms with E-state index in [0.717, 1.165) is 30.5 Å². The molecule has 0 aliphatic carbocycles. The maximum absolute atomic E-state index is 13.0. The monoisotopic (exact) mass is 543 g/mol. The van der Waals surface area contributed by atoms with Crippen molar-refractivity contribution >= 4 is 28.9 Å². The zero-order valence-electron chi connectivity index (χ0n) is 21.7. The molecule has 0 saturated carbocycles. The number of furan rings is 1. The van der Waals surface area contributed by atoms with Crippen LogP contribution in [0.15, 0.2) is 46.9 Å². The molecule has 5 N–H and O–H groups in total. The number of piperidine rings is 1. The van der Waals surface area contributed by atoms with Crippen LogP contribution in [0.3, 0.4) is 0 Å². The molecule has 11 nitrogen and oxygen atoms in total. The lowest BCUT2D eigenvalue weighted by atomic mass is 9.98. The SMILES string of the molecule is CCOC(=O)c1c(-c2ccccc2)oc2ccc(O)c(CN3CCCCC3C)c12.O=C(O)C(O)C(O)C(=O)O. The summed E-state index contributed by atoms with van der Waals surface area (Å²) in [5.41, 5.74) is 2.52. The van der Waals surface area contributed by atoms with E-state index in [2.05, 4.69) is 11.8 Å². The summed E-state index contributed by atoms with van der Waals surface area (Å²) in [5.74, 6) is -3.30. The van der Waals surface area contributed by atoms with Gasteiger partial charge in [0.15, 0.2) is 12.2 Å². The van der Waals surface area contributed by atoms with Gasteiger partial charge in [0.05, 0.1) is 6.61 Å². The number of esters is 1. The molecule has 0 amide bonds. The highest BCUT2D eigenvalue weighted by molar-refractivity contribution is 6.10. The Morgan fingerprint density at radius 2 is 1.67 bits per heavy atom. The van der Waals surface area contributed by atoms with Gasteiger partial charge in [-0.2, -0.15) is 0 Å². The van der Waals surface area contributed by atoms with Crippen LogP contribution < -0.4 is 0 Å². The molecular formula is C28H33NO10. The third kappa shape index (κ3) is 6.94. The van der Waals surface area contributed by atoms with E-state index in [1.165, 1.54) is 6.42 Å². The Hall–Kier alpha value is -3.93. The van der Waals surface area contributed by atoms with Gasteiger partial charge in [-0.3, -0.25) is 4.90 Å². The number of aliphatic carboxylic acids is 2. The van der Waals surface area contributed by atoms with Gasteiger partial charge in [0, 0.05) is 29.1 Å². The smallest absolute Gasteiger partial charge is 0.342 e. The molecule has 3 atom stereocenters. The standard InChI is InChI=1S/C24H27NO4.C4H6O6/c1-3-28-24(27)22-21-18(15-25-14-8-7-9-16(25)2)19(26)12-13-20(21)29-23(22)17-10-5-4-6-11-17;5-1(3(7)8)2(6)4(9)10/h4-6,10-13,16,26H,3,7-9,14-15H2,1-2H3;1-2,5-6H,(H,7,8)(H,9,10). The number of likely N-dealkylation sites (tertiary alicyclic amines) is 1. The number of hydrogen-bond acceptors (Lipinski definition) is 9. The van der Waals surface area contributed by atoms with Gasteiger partial charge in [-0.15, -0.1) is 0 Å². The van der Waals surface area contributed by atoms with Gasteiger partial charge in [0.25, 0.3) is 0 Å².